The zero-order chi connectivity index (χ0) is 9.30. The molecule has 12 heavy (non-hydrogen) atoms. The molecular formula is C9H14O3. The Morgan fingerprint density at radius 1 is 1.42 bits per heavy atom. The number of hydrogen-bond acceptors (Lipinski definition) is 3. The van der Waals surface area contributed by atoms with E-state index in [1.807, 2.05) is 13.8 Å². The maximum Gasteiger partial charge on any atom is 0.161 e. The van der Waals surface area contributed by atoms with E-state index < -0.39 is 6.61 Å². The van der Waals surface area contributed by atoms with Crippen molar-refractivity contribution in [2.24, 2.45) is 17.8 Å². The second kappa shape index (κ2) is 3.35. The topological polar surface area (TPSA) is 54.4 Å². The Hall–Kier alpha value is -0.700. The summed E-state index contributed by atoms with van der Waals surface area (Å²) < 4.78 is 0. The van der Waals surface area contributed by atoms with Crippen LogP contribution in [-0.2, 0) is 9.59 Å². The maximum absolute atomic E-state index is 11.3. The van der Waals surface area contributed by atoms with Gasteiger partial charge in [0.15, 0.2) is 5.78 Å². The third-order valence-corrected chi connectivity index (χ3v) is 2.29. The molecule has 2 atom stereocenters. The summed E-state index contributed by atoms with van der Waals surface area (Å²) in [5.41, 5.74) is 0. The van der Waals surface area contributed by atoms with Gasteiger partial charge in [0.05, 0.1) is 0 Å². The van der Waals surface area contributed by atoms with Crippen molar-refractivity contribution in [3.8, 4) is 0 Å². The zero-order valence-electron chi connectivity index (χ0n) is 7.41. The minimum Gasteiger partial charge on any atom is -0.389 e. The summed E-state index contributed by atoms with van der Waals surface area (Å²) in [7, 11) is 0. The van der Waals surface area contributed by atoms with E-state index in [1.54, 1.807) is 0 Å². The van der Waals surface area contributed by atoms with E-state index in [2.05, 4.69) is 0 Å². The van der Waals surface area contributed by atoms with E-state index in [9.17, 15) is 9.59 Å². The molecule has 3 heteroatoms. The third kappa shape index (κ3) is 1.72. The van der Waals surface area contributed by atoms with Crippen LogP contribution in [0.5, 0.6) is 0 Å². The van der Waals surface area contributed by atoms with Gasteiger partial charge in [-0.05, 0) is 6.42 Å². The largest absolute Gasteiger partial charge is 0.389 e. The van der Waals surface area contributed by atoms with Crippen molar-refractivity contribution in [1.82, 2.24) is 0 Å². The van der Waals surface area contributed by atoms with Gasteiger partial charge in [0.25, 0.3) is 0 Å². The summed E-state index contributed by atoms with van der Waals surface area (Å²) in [6.07, 6.45) is 0.649. The molecule has 0 spiro atoms. The van der Waals surface area contributed by atoms with Gasteiger partial charge in [-0.2, -0.15) is 0 Å². The molecule has 1 aliphatic carbocycles. The van der Waals surface area contributed by atoms with E-state index in [0.717, 1.165) is 0 Å². The van der Waals surface area contributed by atoms with Crippen molar-refractivity contribution < 1.29 is 14.7 Å². The molecule has 3 nitrogen and oxygen atoms in total. The van der Waals surface area contributed by atoms with E-state index in [4.69, 9.17) is 5.11 Å². The lowest BCUT2D eigenvalue weighted by Gasteiger charge is -2.01. The fourth-order valence-electron chi connectivity index (χ4n) is 1.41. The summed E-state index contributed by atoms with van der Waals surface area (Å²) in [5, 5.41) is 8.52. The average Bonchev–Trinajstić information content (AvgIpc) is 2.80. The molecule has 1 unspecified atom stereocenters. The molecule has 0 aromatic rings. The van der Waals surface area contributed by atoms with Gasteiger partial charge in [-0.25, -0.2) is 0 Å². The van der Waals surface area contributed by atoms with Crippen LogP contribution in [0.1, 0.15) is 20.3 Å². The predicted octanol–water partition coefficient (Wildman–Crippen LogP) is 0.409. The molecular weight excluding hydrogens is 156 g/mol. The minimum atomic E-state index is -0.424. The quantitative estimate of drug-likeness (QED) is 0.664. The molecule has 0 saturated heterocycles. The number of carbonyl (C=O) groups is 2. The van der Waals surface area contributed by atoms with Crippen molar-refractivity contribution in [2.45, 2.75) is 20.3 Å². The first-order valence-corrected chi connectivity index (χ1v) is 4.25. The summed E-state index contributed by atoms with van der Waals surface area (Å²) in [4.78, 5) is 22.2. The minimum absolute atomic E-state index is 0.00601. The number of aliphatic hydroxyl groups excluding tert-OH is 1. The van der Waals surface area contributed by atoms with Gasteiger partial charge in [-0.3, -0.25) is 9.59 Å². The van der Waals surface area contributed by atoms with Gasteiger partial charge in [0.2, 0.25) is 0 Å². The molecule has 0 radical (unpaired) electrons. The molecule has 0 bridgehead atoms. The fourth-order valence-corrected chi connectivity index (χ4v) is 1.41. The Bertz CT molecular complexity index is 208. The lowest BCUT2D eigenvalue weighted by atomic mass is 10.0. The first kappa shape index (κ1) is 9.39. The van der Waals surface area contributed by atoms with Gasteiger partial charge in [-0.15, -0.1) is 0 Å². The van der Waals surface area contributed by atoms with Gasteiger partial charge in [0, 0.05) is 17.8 Å². The highest BCUT2D eigenvalue weighted by atomic mass is 16.3. The molecule has 1 N–H and O–H groups in total. The summed E-state index contributed by atoms with van der Waals surface area (Å²) in [6.45, 7) is 3.24. The highest BCUT2D eigenvalue weighted by molar-refractivity contribution is 5.95. The highest BCUT2D eigenvalue weighted by Crippen LogP contribution is 2.41. The lowest BCUT2D eigenvalue weighted by molar-refractivity contribution is -0.127. The first-order chi connectivity index (χ1) is 5.57. The van der Waals surface area contributed by atoms with Crippen molar-refractivity contribution >= 4 is 11.6 Å². The van der Waals surface area contributed by atoms with Crippen molar-refractivity contribution in [2.75, 3.05) is 6.61 Å². The zero-order valence-corrected chi connectivity index (χ0v) is 7.41. The third-order valence-electron chi connectivity index (χ3n) is 2.29. The lowest BCUT2D eigenvalue weighted by Crippen LogP contribution is -2.15. The SMILES string of the molecule is CC(C)C(=O)[C@H]1CC1C(=O)CO. The van der Waals surface area contributed by atoms with Crippen molar-refractivity contribution in [1.29, 1.82) is 0 Å². The summed E-state index contributed by atoms with van der Waals surface area (Å²) in [5.74, 6) is -0.295. The van der Waals surface area contributed by atoms with Crippen LogP contribution in [0.25, 0.3) is 0 Å². The molecule has 0 aromatic carbocycles. The van der Waals surface area contributed by atoms with Crippen LogP contribution in [0, 0.1) is 17.8 Å². The Morgan fingerprint density at radius 3 is 2.42 bits per heavy atom. The van der Waals surface area contributed by atoms with Crippen LogP contribution in [-0.4, -0.2) is 23.3 Å². The summed E-state index contributed by atoms with van der Waals surface area (Å²) in [6, 6.07) is 0. The second-order valence-corrected chi connectivity index (χ2v) is 3.63. The molecule has 0 aromatic heterocycles. The standard InChI is InChI=1S/C9H14O3/c1-5(2)9(12)7-3-6(7)8(11)4-10/h5-7,10H,3-4H2,1-2H3/t6?,7-/m0/s1. The van der Waals surface area contributed by atoms with E-state index in [0.29, 0.717) is 6.42 Å². The second-order valence-electron chi connectivity index (χ2n) is 3.63. The van der Waals surface area contributed by atoms with Crippen LogP contribution in [0.15, 0.2) is 0 Å². The first-order valence-electron chi connectivity index (χ1n) is 4.25. The number of hydrogen-bond donors (Lipinski definition) is 1. The van der Waals surface area contributed by atoms with Crippen LogP contribution in [0.3, 0.4) is 0 Å². The molecule has 0 aliphatic heterocycles. The number of rotatable bonds is 4. The van der Waals surface area contributed by atoms with Crippen molar-refractivity contribution in [3.63, 3.8) is 0 Å². The van der Waals surface area contributed by atoms with E-state index in [-0.39, 0.29) is 29.3 Å². The smallest absolute Gasteiger partial charge is 0.161 e. The molecule has 0 heterocycles. The molecule has 1 aliphatic rings. The summed E-state index contributed by atoms with van der Waals surface area (Å²) >= 11 is 0. The fraction of sp³-hybridized carbons (Fsp3) is 0.778. The molecule has 1 fully saturated rings. The van der Waals surface area contributed by atoms with Crippen LogP contribution in [0.2, 0.25) is 0 Å². The number of Topliss-reactive ketones (excluding diaryl/α,β-unsaturated/α-hetero) is 2. The van der Waals surface area contributed by atoms with Gasteiger partial charge >= 0.3 is 0 Å². The molecule has 1 rings (SSSR count). The molecule has 1 saturated carbocycles. The molecule has 68 valence electrons. The van der Waals surface area contributed by atoms with Gasteiger partial charge in [0.1, 0.15) is 12.4 Å². The Balaban J connectivity index is 2.42. The number of ketones is 2. The maximum atomic E-state index is 11.3. The molecule has 0 amide bonds. The monoisotopic (exact) mass is 170 g/mol. The Labute approximate surface area is 71.8 Å². The Kier molecular flexibility index (Phi) is 2.62. The highest BCUT2D eigenvalue weighted by Gasteiger charge is 2.47. The van der Waals surface area contributed by atoms with Crippen LogP contribution >= 0.6 is 0 Å². The normalized spacial score (nSPS) is 27.3. The van der Waals surface area contributed by atoms with Gasteiger partial charge in [-0.1, -0.05) is 13.8 Å². The predicted molar refractivity (Wildman–Crippen MR) is 43.5 cm³/mol. The van der Waals surface area contributed by atoms with Crippen molar-refractivity contribution in [3.05, 3.63) is 0 Å². The van der Waals surface area contributed by atoms with Crippen LogP contribution < -0.4 is 0 Å². The van der Waals surface area contributed by atoms with E-state index >= 15 is 0 Å². The number of aliphatic hydroxyl groups is 1. The van der Waals surface area contributed by atoms with Gasteiger partial charge < -0.3 is 5.11 Å². The number of carbonyl (C=O) groups excluding carboxylic acids is 2. The average molecular weight is 170 g/mol. The van der Waals surface area contributed by atoms with Crippen LogP contribution in [0.4, 0.5) is 0 Å². The van der Waals surface area contributed by atoms with E-state index in [1.165, 1.54) is 0 Å². The Morgan fingerprint density at radius 2 is 2.00 bits per heavy atom.